The van der Waals surface area contributed by atoms with Crippen molar-refractivity contribution >= 4 is 5.97 Å². The van der Waals surface area contributed by atoms with Crippen LogP contribution in [-0.4, -0.2) is 25.3 Å². The lowest BCUT2D eigenvalue weighted by atomic mass is 9.89. The number of rotatable bonds is 5. The molecular formula is C13H18O4. The summed E-state index contributed by atoms with van der Waals surface area (Å²) < 4.78 is 10.3. The van der Waals surface area contributed by atoms with Crippen LogP contribution in [0.5, 0.6) is 11.5 Å². The van der Waals surface area contributed by atoms with Crippen LogP contribution in [0.15, 0.2) is 18.2 Å². The molecule has 0 radical (unpaired) electrons. The van der Waals surface area contributed by atoms with Crippen LogP contribution in [0.4, 0.5) is 0 Å². The minimum atomic E-state index is -0.799. The van der Waals surface area contributed by atoms with Gasteiger partial charge in [0.05, 0.1) is 20.1 Å². The van der Waals surface area contributed by atoms with Crippen LogP contribution >= 0.6 is 0 Å². The molecule has 1 aromatic carbocycles. The lowest BCUT2D eigenvalue weighted by molar-refractivity contribution is -0.141. The molecule has 0 amide bonds. The van der Waals surface area contributed by atoms with E-state index >= 15 is 0 Å². The van der Waals surface area contributed by atoms with E-state index in [9.17, 15) is 4.79 Å². The number of ether oxygens (including phenoxy) is 2. The second kappa shape index (κ2) is 5.57. The molecule has 2 unspecified atom stereocenters. The Morgan fingerprint density at radius 2 is 1.76 bits per heavy atom. The number of carboxylic acid groups (broad SMARTS) is 1. The maximum Gasteiger partial charge on any atom is 0.306 e. The molecule has 1 N–H and O–H groups in total. The highest BCUT2D eigenvalue weighted by Crippen LogP contribution is 2.33. The SMILES string of the molecule is COc1ccc(C(C)C(C)C(=O)O)cc1OC. The second-order valence-electron chi connectivity index (χ2n) is 4.03. The Hall–Kier alpha value is -1.71. The quantitative estimate of drug-likeness (QED) is 0.856. The van der Waals surface area contributed by atoms with Gasteiger partial charge in [-0.1, -0.05) is 19.9 Å². The molecule has 0 spiro atoms. The van der Waals surface area contributed by atoms with Gasteiger partial charge >= 0.3 is 5.97 Å². The van der Waals surface area contributed by atoms with Crippen LogP contribution in [0.25, 0.3) is 0 Å². The molecule has 94 valence electrons. The van der Waals surface area contributed by atoms with E-state index in [0.717, 1.165) is 5.56 Å². The van der Waals surface area contributed by atoms with Crippen LogP contribution in [-0.2, 0) is 4.79 Å². The van der Waals surface area contributed by atoms with E-state index in [-0.39, 0.29) is 5.92 Å². The topological polar surface area (TPSA) is 55.8 Å². The van der Waals surface area contributed by atoms with E-state index in [1.165, 1.54) is 0 Å². The average molecular weight is 238 g/mol. The van der Waals surface area contributed by atoms with Crippen molar-refractivity contribution in [3.63, 3.8) is 0 Å². The number of aliphatic carboxylic acids is 1. The third-order valence-electron chi connectivity index (χ3n) is 3.07. The molecule has 0 aromatic heterocycles. The van der Waals surface area contributed by atoms with Gasteiger partial charge in [0.25, 0.3) is 0 Å². The van der Waals surface area contributed by atoms with Crippen LogP contribution in [0.1, 0.15) is 25.3 Å². The minimum Gasteiger partial charge on any atom is -0.493 e. The zero-order chi connectivity index (χ0) is 13.0. The van der Waals surface area contributed by atoms with Gasteiger partial charge in [0.2, 0.25) is 0 Å². The van der Waals surface area contributed by atoms with Crippen molar-refractivity contribution in [3.05, 3.63) is 23.8 Å². The van der Waals surface area contributed by atoms with Crippen molar-refractivity contribution in [1.29, 1.82) is 0 Å². The Morgan fingerprint density at radius 1 is 1.18 bits per heavy atom. The summed E-state index contributed by atoms with van der Waals surface area (Å²) >= 11 is 0. The molecular weight excluding hydrogens is 220 g/mol. The zero-order valence-electron chi connectivity index (χ0n) is 10.6. The average Bonchev–Trinajstić information content (AvgIpc) is 2.35. The van der Waals surface area contributed by atoms with Crippen molar-refractivity contribution in [1.82, 2.24) is 0 Å². The van der Waals surface area contributed by atoms with Gasteiger partial charge in [-0.3, -0.25) is 4.79 Å². The molecule has 0 heterocycles. The van der Waals surface area contributed by atoms with Crippen molar-refractivity contribution in [2.75, 3.05) is 14.2 Å². The number of hydrogen-bond acceptors (Lipinski definition) is 3. The number of carboxylic acids is 1. The molecule has 0 saturated carbocycles. The number of methoxy groups -OCH3 is 2. The fourth-order valence-corrected chi connectivity index (χ4v) is 1.64. The van der Waals surface area contributed by atoms with Crippen LogP contribution in [0.3, 0.4) is 0 Å². The highest BCUT2D eigenvalue weighted by molar-refractivity contribution is 5.71. The molecule has 0 fully saturated rings. The summed E-state index contributed by atoms with van der Waals surface area (Å²) in [6.45, 7) is 3.59. The summed E-state index contributed by atoms with van der Waals surface area (Å²) in [5, 5.41) is 8.99. The monoisotopic (exact) mass is 238 g/mol. The Kier molecular flexibility index (Phi) is 4.37. The highest BCUT2D eigenvalue weighted by Gasteiger charge is 2.21. The van der Waals surface area contributed by atoms with Crippen LogP contribution in [0, 0.1) is 5.92 Å². The molecule has 0 aliphatic rings. The first-order valence-corrected chi connectivity index (χ1v) is 5.46. The second-order valence-corrected chi connectivity index (χ2v) is 4.03. The summed E-state index contributed by atoms with van der Waals surface area (Å²) in [6, 6.07) is 5.48. The number of benzene rings is 1. The van der Waals surface area contributed by atoms with E-state index in [1.807, 2.05) is 19.1 Å². The summed E-state index contributed by atoms with van der Waals surface area (Å²) in [6.07, 6.45) is 0. The van der Waals surface area contributed by atoms with Gasteiger partial charge in [-0.25, -0.2) is 0 Å². The van der Waals surface area contributed by atoms with Crippen LogP contribution < -0.4 is 9.47 Å². The summed E-state index contributed by atoms with van der Waals surface area (Å²) in [5.41, 5.74) is 0.928. The lowest BCUT2D eigenvalue weighted by Gasteiger charge is -2.18. The molecule has 2 atom stereocenters. The Labute approximate surface area is 101 Å². The lowest BCUT2D eigenvalue weighted by Crippen LogP contribution is -2.16. The van der Waals surface area contributed by atoms with Crippen molar-refractivity contribution < 1.29 is 19.4 Å². The molecule has 17 heavy (non-hydrogen) atoms. The van der Waals surface area contributed by atoms with Gasteiger partial charge in [-0.05, 0) is 23.6 Å². The maximum absolute atomic E-state index is 10.9. The molecule has 4 heteroatoms. The van der Waals surface area contributed by atoms with Crippen molar-refractivity contribution in [3.8, 4) is 11.5 Å². The smallest absolute Gasteiger partial charge is 0.306 e. The Bertz CT molecular complexity index is 400. The normalized spacial score (nSPS) is 13.9. The van der Waals surface area contributed by atoms with Gasteiger partial charge in [0.1, 0.15) is 0 Å². The molecule has 4 nitrogen and oxygen atoms in total. The molecule has 0 aliphatic heterocycles. The van der Waals surface area contributed by atoms with Crippen molar-refractivity contribution in [2.24, 2.45) is 5.92 Å². The summed E-state index contributed by atoms with van der Waals surface area (Å²) in [7, 11) is 3.13. The predicted molar refractivity (Wildman–Crippen MR) is 64.8 cm³/mol. The van der Waals surface area contributed by atoms with E-state index in [2.05, 4.69) is 0 Å². The molecule has 1 rings (SSSR count). The molecule has 1 aromatic rings. The third-order valence-corrected chi connectivity index (χ3v) is 3.07. The zero-order valence-corrected chi connectivity index (χ0v) is 10.6. The summed E-state index contributed by atoms with van der Waals surface area (Å²) in [4.78, 5) is 10.9. The van der Waals surface area contributed by atoms with E-state index in [0.29, 0.717) is 11.5 Å². The first kappa shape index (κ1) is 13.4. The van der Waals surface area contributed by atoms with Gasteiger partial charge in [-0.15, -0.1) is 0 Å². The Balaban J connectivity index is 3.03. The fraction of sp³-hybridized carbons (Fsp3) is 0.462. The highest BCUT2D eigenvalue weighted by atomic mass is 16.5. The van der Waals surface area contributed by atoms with Crippen molar-refractivity contribution in [2.45, 2.75) is 19.8 Å². The van der Waals surface area contributed by atoms with Gasteiger partial charge in [0.15, 0.2) is 11.5 Å². The van der Waals surface area contributed by atoms with Gasteiger partial charge in [0, 0.05) is 0 Å². The largest absolute Gasteiger partial charge is 0.493 e. The molecule has 0 saturated heterocycles. The fourth-order valence-electron chi connectivity index (χ4n) is 1.64. The van der Waals surface area contributed by atoms with Gasteiger partial charge < -0.3 is 14.6 Å². The summed E-state index contributed by atoms with van der Waals surface area (Å²) in [5.74, 6) is -0.0476. The third kappa shape index (κ3) is 2.90. The van der Waals surface area contributed by atoms with Gasteiger partial charge in [-0.2, -0.15) is 0 Å². The minimum absolute atomic E-state index is 0.0766. The van der Waals surface area contributed by atoms with E-state index in [4.69, 9.17) is 14.6 Å². The van der Waals surface area contributed by atoms with Crippen LogP contribution in [0.2, 0.25) is 0 Å². The molecule has 0 bridgehead atoms. The molecule has 0 aliphatic carbocycles. The predicted octanol–water partition coefficient (Wildman–Crippen LogP) is 2.53. The number of hydrogen-bond donors (Lipinski definition) is 1. The van der Waals surface area contributed by atoms with E-state index in [1.54, 1.807) is 27.2 Å². The first-order valence-electron chi connectivity index (χ1n) is 5.46. The van der Waals surface area contributed by atoms with E-state index < -0.39 is 11.9 Å². The maximum atomic E-state index is 10.9. The first-order chi connectivity index (χ1) is 8.01. The number of carbonyl (C=O) groups is 1. The Morgan fingerprint density at radius 3 is 2.24 bits per heavy atom. The standard InChI is InChI=1S/C13H18O4/c1-8(9(2)13(14)15)10-5-6-11(16-3)12(7-10)17-4/h5-9H,1-4H3,(H,14,15).